The number of nitrogens with two attached hydrogens (primary N) is 1. The minimum atomic E-state index is -1.18. The molecule has 0 fully saturated rings. The standard InChI is InChI=1S/C42H45N7O11/c1-24(2)36(48-41(54)58-23-34-31-11-6-4-9-29(31)30-10-5-7-12-32(30)34)39(52)47-35(13-8-20-45-40(43)53)38(51)46-26-15-14-25(33(21-26)37(50)44-3)22-59-42(55)60-28-18-16-27(17-19-28)49(56)57/h4-7,9-12,14-19,21,24,34-36H,8,13,20,22-23H2,1-3H3,(H,44,50)(H,46,51)(H,47,52)(H,48,54)(H3,43,45,53)/t35-,36-/m0/s1. The zero-order valence-electron chi connectivity index (χ0n) is 33.0. The Morgan fingerprint density at radius 2 is 1.48 bits per heavy atom. The first-order valence-electron chi connectivity index (χ1n) is 19.0. The third-order valence-electron chi connectivity index (χ3n) is 9.61. The Morgan fingerprint density at radius 3 is 2.08 bits per heavy atom. The number of urea groups is 1. The molecule has 2 atom stereocenters. The lowest BCUT2D eigenvalue weighted by molar-refractivity contribution is -0.384. The maximum Gasteiger partial charge on any atom is 0.514 e. The van der Waals surface area contributed by atoms with Crippen molar-refractivity contribution in [2.24, 2.45) is 11.7 Å². The SMILES string of the molecule is CNC(=O)c1cc(NC(=O)[C@H](CCCNC(N)=O)NC(=O)[C@@H](NC(=O)OCC2c3ccccc3-c3ccccc32)C(C)C)ccc1COC(=O)Oc1ccc([N+](=O)[O-])cc1. The van der Waals surface area contributed by atoms with E-state index in [1.165, 1.54) is 37.4 Å². The Hall–Kier alpha value is -7.50. The van der Waals surface area contributed by atoms with Gasteiger partial charge in [-0.15, -0.1) is 0 Å². The molecule has 0 aliphatic heterocycles. The van der Waals surface area contributed by atoms with Gasteiger partial charge in [0.2, 0.25) is 11.8 Å². The van der Waals surface area contributed by atoms with E-state index in [4.69, 9.17) is 19.9 Å². The quantitative estimate of drug-likeness (QED) is 0.0268. The number of primary amides is 1. The lowest BCUT2D eigenvalue weighted by Crippen LogP contribution is -2.54. The van der Waals surface area contributed by atoms with Gasteiger partial charge in [0, 0.05) is 48.5 Å². The van der Waals surface area contributed by atoms with E-state index in [9.17, 15) is 38.9 Å². The molecule has 4 aromatic carbocycles. The molecule has 0 unspecified atom stereocenters. The average Bonchev–Trinajstić information content (AvgIpc) is 3.55. The highest BCUT2D eigenvalue weighted by atomic mass is 16.7. The predicted octanol–water partition coefficient (Wildman–Crippen LogP) is 5.11. The Kier molecular flexibility index (Phi) is 14.7. The van der Waals surface area contributed by atoms with Crippen LogP contribution in [0.3, 0.4) is 0 Å². The number of amides is 6. The van der Waals surface area contributed by atoms with E-state index in [1.54, 1.807) is 13.8 Å². The maximum atomic E-state index is 13.8. The molecular weight excluding hydrogens is 778 g/mol. The minimum Gasteiger partial charge on any atom is -0.449 e. The molecule has 0 saturated heterocycles. The van der Waals surface area contributed by atoms with E-state index in [0.29, 0.717) is 0 Å². The number of non-ortho nitro benzene ring substituents is 1. The number of ether oxygens (including phenoxy) is 3. The fraction of sp³-hybridized carbons (Fsp3) is 0.286. The van der Waals surface area contributed by atoms with Crippen molar-refractivity contribution in [3.05, 3.63) is 123 Å². The van der Waals surface area contributed by atoms with Gasteiger partial charge in [0.25, 0.3) is 11.6 Å². The smallest absolute Gasteiger partial charge is 0.449 e. The number of nitro groups is 1. The highest BCUT2D eigenvalue weighted by Gasteiger charge is 2.32. The molecule has 0 aromatic heterocycles. The zero-order chi connectivity index (χ0) is 43.3. The summed E-state index contributed by atoms with van der Waals surface area (Å²) in [5.74, 6) is -2.55. The Morgan fingerprint density at radius 1 is 0.833 bits per heavy atom. The number of carbonyl (C=O) groups is 6. The molecule has 0 spiro atoms. The highest BCUT2D eigenvalue weighted by Crippen LogP contribution is 2.44. The van der Waals surface area contributed by atoms with Crippen LogP contribution in [0.1, 0.15) is 59.7 Å². The van der Waals surface area contributed by atoms with Crippen LogP contribution in [0, 0.1) is 16.0 Å². The summed E-state index contributed by atoms with van der Waals surface area (Å²) in [5.41, 5.74) is 9.61. The summed E-state index contributed by atoms with van der Waals surface area (Å²) in [6.07, 6.45) is -1.69. The first-order valence-corrected chi connectivity index (χ1v) is 19.0. The number of nitrogens with one attached hydrogen (secondary N) is 5. The lowest BCUT2D eigenvalue weighted by Gasteiger charge is -2.25. The number of benzene rings is 4. The fourth-order valence-corrected chi connectivity index (χ4v) is 6.60. The molecular formula is C42H45N7O11. The first-order chi connectivity index (χ1) is 28.7. The van der Waals surface area contributed by atoms with E-state index < -0.39 is 65.5 Å². The summed E-state index contributed by atoms with van der Waals surface area (Å²) in [4.78, 5) is 87.5. The molecule has 0 saturated carbocycles. The fourth-order valence-electron chi connectivity index (χ4n) is 6.60. The van der Waals surface area contributed by atoms with Crippen LogP contribution in [0.15, 0.2) is 91.0 Å². The van der Waals surface area contributed by atoms with Crippen molar-refractivity contribution in [3.8, 4) is 16.9 Å². The van der Waals surface area contributed by atoms with Crippen LogP contribution in [0.25, 0.3) is 11.1 Å². The van der Waals surface area contributed by atoms with Crippen LogP contribution in [0.2, 0.25) is 0 Å². The molecule has 18 heteroatoms. The maximum absolute atomic E-state index is 13.8. The molecule has 6 amide bonds. The molecule has 1 aliphatic carbocycles. The van der Waals surface area contributed by atoms with E-state index in [1.807, 2.05) is 48.5 Å². The van der Waals surface area contributed by atoms with Crippen molar-refractivity contribution in [1.82, 2.24) is 21.3 Å². The Balaban J connectivity index is 1.24. The second-order valence-corrected chi connectivity index (χ2v) is 14.0. The molecule has 0 radical (unpaired) electrons. The van der Waals surface area contributed by atoms with Crippen molar-refractivity contribution in [2.45, 2.75) is 51.3 Å². The van der Waals surface area contributed by atoms with Gasteiger partial charge in [0.1, 0.15) is 31.0 Å². The van der Waals surface area contributed by atoms with Crippen molar-refractivity contribution in [1.29, 1.82) is 0 Å². The number of nitrogens with zero attached hydrogens (tertiary/aromatic N) is 1. The Labute approximate surface area is 344 Å². The van der Waals surface area contributed by atoms with Crippen LogP contribution in [-0.2, 0) is 25.7 Å². The normalized spacial score (nSPS) is 12.5. The van der Waals surface area contributed by atoms with Gasteiger partial charge in [0.15, 0.2) is 0 Å². The molecule has 60 heavy (non-hydrogen) atoms. The summed E-state index contributed by atoms with van der Waals surface area (Å²) >= 11 is 0. The van der Waals surface area contributed by atoms with Crippen molar-refractivity contribution in [3.63, 3.8) is 0 Å². The van der Waals surface area contributed by atoms with Crippen LogP contribution in [0.5, 0.6) is 5.75 Å². The van der Waals surface area contributed by atoms with Crippen LogP contribution in [-0.4, -0.2) is 73.2 Å². The number of carbonyl (C=O) groups excluding carboxylic acids is 6. The molecule has 0 bridgehead atoms. The largest absolute Gasteiger partial charge is 0.514 e. The predicted molar refractivity (Wildman–Crippen MR) is 218 cm³/mol. The van der Waals surface area contributed by atoms with E-state index in [2.05, 4.69) is 26.6 Å². The van der Waals surface area contributed by atoms with Gasteiger partial charge >= 0.3 is 18.3 Å². The number of alkyl carbamates (subject to hydrolysis) is 1. The summed E-state index contributed by atoms with van der Waals surface area (Å²) < 4.78 is 15.9. The minimum absolute atomic E-state index is 0.00466. The van der Waals surface area contributed by atoms with Crippen LogP contribution in [0.4, 0.5) is 25.8 Å². The van der Waals surface area contributed by atoms with Crippen LogP contribution < -0.4 is 37.1 Å². The summed E-state index contributed by atoms with van der Waals surface area (Å²) in [5, 5.41) is 23.9. The third kappa shape index (κ3) is 11.3. The van der Waals surface area contributed by atoms with Crippen molar-refractivity contribution >= 4 is 47.4 Å². The molecule has 7 N–H and O–H groups in total. The van der Waals surface area contributed by atoms with Crippen molar-refractivity contribution in [2.75, 3.05) is 25.5 Å². The van der Waals surface area contributed by atoms with Gasteiger partial charge in [-0.3, -0.25) is 24.5 Å². The molecule has 18 nitrogen and oxygen atoms in total. The number of fused-ring (bicyclic) bond motifs is 3. The van der Waals surface area contributed by atoms with Gasteiger partial charge in [-0.25, -0.2) is 14.4 Å². The van der Waals surface area contributed by atoms with E-state index in [0.717, 1.165) is 34.4 Å². The summed E-state index contributed by atoms with van der Waals surface area (Å²) in [6, 6.07) is 21.7. The molecule has 0 heterocycles. The highest BCUT2D eigenvalue weighted by molar-refractivity contribution is 6.01. The Bertz CT molecular complexity index is 2200. The number of hydrogen-bond acceptors (Lipinski definition) is 11. The second-order valence-electron chi connectivity index (χ2n) is 14.0. The second kappa shape index (κ2) is 20.3. The van der Waals surface area contributed by atoms with Crippen LogP contribution >= 0.6 is 0 Å². The zero-order valence-corrected chi connectivity index (χ0v) is 33.0. The number of anilines is 1. The lowest BCUT2D eigenvalue weighted by atomic mass is 9.98. The topological polar surface area (TPSA) is 259 Å². The average molecular weight is 824 g/mol. The monoisotopic (exact) mass is 823 g/mol. The molecule has 1 aliphatic rings. The number of rotatable bonds is 17. The number of hydrogen-bond donors (Lipinski definition) is 6. The van der Waals surface area contributed by atoms with Gasteiger partial charge in [-0.2, -0.15) is 0 Å². The first kappa shape index (κ1) is 43.6. The third-order valence-corrected chi connectivity index (χ3v) is 9.61. The molecule has 314 valence electrons. The summed E-state index contributed by atoms with van der Waals surface area (Å²) in [6.45, 7) is 3.16. The van der Waals surface area contributed by atoms with E-state index in [-0.39, 0.29) is 60.2 Å². The summed E-state index contributed by atoms with van der Waals surface area (Å²) in [7, 11) is 1.38. The molecule has 4 aromatic rings. The van der Waals surface area contributed by atoms with Gasteiger partial charge in [0.05, 0.1) is 4.92 Å². The van der Waals surface area contributed by atoms with Gasteiger partial charge in [-0.05, 0) is 65.3 Å². The van der Waals surface area contributed by atoms with Crippen molar-refractivity contribution < 1.29 is 47.9 Å². The van der Waals surface area contributed by atoms with Gasteiger partial charge in [-0.1, -0.05) is 68.4 Å². The number of nitro benzene ring substituents is 1. The van der Waals surface area contributed by atoms with E-state index >= 15 is 0 Å². The molecule has 5 rings (SSSR count). The van der Waals surface area contributed by atoms with Gasteiger partial charge < -0.3 is 46.5 Å².